The third kappa shape index (κ3) is 3.81. The van der Waals surface area contributed by atoms with Crippen LogP contribution in [0.1, 0.15) is 29.0 Å². The predicted octanol–water partition coefficient (Wildman–Crippen LogP) is 4.00. The Kier molecular flexibility index (Phi) is 4.76. The van der Waals surface area contributed by atoms with Crippen LogP contribution in [0.25, 0.3) is 0 Å². The minimum atomic E-state index is 0.0479. The van der Waals surface area contributed by atoms with E-state index in [9.17, 15) is 4.79 Å². The summed E-state index contributed by atoms with van der Waals surface area (Å²) < 4.78 is 1.89. The van der Waals surface area contributed by atoms with Gasteiger partial charge in [0.2, 0.25) is 5.91 Å². The molecule has 1 aromatic heterocycles. The highest BCUT2D eigenvalue weighted by Crippen LogP contribution is 2.47. The maximum Gasteiger partial charge on any atom is 0.224 e. The number of amides is 1. The summed E-state index contributed by atoms with van der Waals surface area (Å²) in [6.45, 7) is 1.24. The molecule has 4 rings (SSSR count). The molecule has 132 valence electrons. The second-order valence-corrected chi connectivity index (χ2v) is 7.13. The number of rotatable bonds is 6. The first-order valence-corrected chi connectivity index (χ1v) is 9.16. The average Bonchev–Trinajstić information content (AvgIpc) is 3.30. The molecule has 2 aromatic carbocycles. The molecule has 1 fully saturated rings. The van der Waals surface area contributed by atoms with E-state index in [-0.39, 0.29) is 17.7 Å². The SMILES string of the molecule is O=C(NCc1ccccc1Cn1cccn1)C1CC1c1cccc(Cl)c1. The molecule has 2 atom stereocenters. The van der Waals surface area contributed by atoms with Gasteiger partial charge in [-0.2, -0.15) is 5.10 Å². The van der Waals surface area contributed by atoms with E-state index in [1.54, 1.807) is 6.20 Å². The Hall–Kier alpha value is -2.59. The lowest BCUT2D eigenvalue weighted by Gasteiger charge is -2.11. The molecular formula is C21H20ClN3O. The zero-order chi connectivity index (χ0) is 17.9. The fraction of sp³-hybridized carbons (Fsp3) is 0.238. The molecule has 1 heterocycles. The van der Waals surface area contributed by atoms with Crippen LogP contribution >= 0.6 is 11.6 Å². The Morgan fingerprint density at radius 1 is 1.15 bits per heavy atom. The number of aromatic nitrogens is 2. The third-order valence-corrected chi connectivity index (χ3v) is 5.10. The molecule has 1 aliphatic carbocycles. The summed E-state index contributed by atoms with van der Waals surface area (Å²) in [5.74, 6) is 0.448. The number of benzene rings is 2. The fourth-order valence-corrected chi connectivity index (χ4v) is 3.56. The van der Waals surface area contributed by atoms with E-state index in [0.717, 1.165) is 22.6 Å². The summed E-state index contributed by atoms with van der Waals surface area (Å²) in [6, 6.07) is 17.9. The van der Waals surface area contributed by atoms with Crippen molar-refractivity contribution in [2.75, 3.05) is 0 Å². The van der Waals surface area contributed by atoms with Crippen molar-refractivity contribution in [2.45, 2.75) is 25.4 Å². The van der Waals surface area contributed by atoms with Gasteiger partial charge in [-0.05, 0) is 47.2 Å². The summed E-state index contributed by atoms with van der Waals surface area (Å²) in [7, 11) is 0. The van der Waals surface area contributed by atoms with Crippen molar-refractivity contribution in [1.29, 1.82) is 0 Å². The molecule has 0 aliphatic heterocycles. The van der Waals surface area contributed by atoms with Crippen molar-refractivity contribution in [3.05, 3.63) is 88.7 Å². The van der Waals surface area contributed by atoms with Crippen LogP contribution in [0, 0.1) is 5.92 Å². The van der Waals surface area contributed by atoms with Gasteiger partial charge in [0, 0.05) is 29.9 Å². The first-order valence-electron chi connectivity index (χ1n) is 8.78. The van der Waals surface area contributed by atoms with E-state index in [4.69, 9.17) is 11.6 Å². The molecule has 0 radical (unpaired) electrons. The molecule has 0 saturated heterocycles. The van der Waals surface area contributed by atoms with Gasteiger partial charge in [0.05, 0.1) is 6.54 Å². The van der Waals surface area contributed by atoms with Crippen molar-refractivity contribution in [2.24, 2.45) is 5.92 Å². The van der Waals surface area contributed by atoms with E-state index in [1.807, 2.05) is 53.3 Å². The number of nitrogens with zero attached hydrogens (tertiary/aromatic N) is 2. The van der Waals surface area contributed by atoms with E-state index < -0.39 is 0 Å². The van der Waals surface area contributed by atoms with Crippen molar-refractivity contribution in [3.8, 4) is 0 Å². The maximum absolute atomic E-state index is 12.5. The first-order chi connectivity index (χ1) is 12.7. The lowest BCUT2D eigenvalue weighted by molar-refractivity contribution is -0.122. The largest absolute Gasteiger partial charge is 0.352 e. The molecule has 3 aromatic rings. The van der Waals surface area contributed by atoms with Crippen LogP contribution in [-0.2, 0) is 17.9 Å². The molecule has 4 nitrogen and oxygen atoms in total. The van der Waals surface area contributed by atoms with Crippen molar-refractivity contribution in [3.63, 3.8) is 0 Å². The highest BCUT2D eigenvalue weighted by atomic mass is 35.5. The molecule has 0 bridgehead atoms. The highest BCUT2D eigenvalue weighted by Gasteiger charge is 2.43. The van der Waals surface area contributed by atoms with Gasteiger partial charge in [-0.15, -0.1) is 0 Å². The molecular weight excluding hydrogens is 346 g/mol. The van der Waals surface area contributed by atoms with Gasteiger partial charge in [0.15, 0.2) is 0 Å². The number of hydrogen-bond acceptors (Lipinski definition) is 2. The number of hydrogen-bond donors (Lipinski definition) is 1. The monoisotopic (exact) mass is 365 g/mol. The van der Waals surface area contributed by atoms with Gasteiger partial charge >= 0.3 is 0 Å². The van der Waals surface area contributed by atoms with Crippen LogP contribution < -0.4 is 5.32 Å². The van der Waals surface area contributed by atoms with Crippen LogP contribution in [0.4, 0.5) is 0 Å². The van der Waals surface area contributed by atoms with Crippen LogP contribution in [0.5, 0.6) is 0 Å². The van der Waals surface area contributed by atoms with Gasteiger partial charge in [-0.1, -0.05) is 48.0 Å². The van der Waals surface area contributed by atoms with E-state index >= 15 is 0 Å². The summed E-state index contributed by atoms with van der Waals surface area (Å²) in [5.41, 5.74) is 3.44. The Bertz CT molecular complexity index is 907. The molecule has 0 spiro atoms. The van der Waals surface area contributed by atoms with Crippen LogP contribution in [-0.4, -0.2) is 15.7 Å². The van der Waals surface area contributed by atoms with E-state index in [1.165, 1.54) is 5.56 Å². The van der Waals surface area contributed by atoms with Gasteiger partial charge in [-0.25, -0.2) is 0 Å². The second-order valence-electron chi connectivity index (χ2n) is 6.69. The highest BCUT2D eigenvalue weighted by molar-refractivity contribution is 6.30. The molecule has 2 unspecified atom stereocenters. The van der Waals surface area contributed by atoms with Gasteiger partial charge in [-0.3, -0.25) is 9.48 Å². The maximum atomic E-state index is 12.5. The van der Waals surface area contributed by atoms with Crippen molar-refractivity contribution >= 4 is 17.5 Å². The number of carbonyl (C=O) groups is 1. The second kappa shape index (κ2) is 7.34. The molecule has 1 N–H and O–H groups in total. The third-order valence-electron chi connectivity index (χ3n) is 4.87. The zero-order valence-electron chi connectivity index (χ0n) is 14.3. The standard InChI is InChI=1S/C21H20ClN3O/c22-18-8-3-7-15(11-18)19-12-20(19)21(26)23-13-16-5-1-2-6-17(16)14-25-10-4-9-24-25/h1-11,19-20H,12-14H2,(H,23,26). The zero-order valence-corrected chi connectivity index (χ0v) is 15.1. The number of nitrogens with one attached hydrogen (secondary N) is 1. The summed E-state index contributed by atoms with van der Waals surface area (Å²) >= 11 is 6.05. The topological polar surface area (TPSA) is 46.9 Å². The van der Waals surface area contributed by atoms with E-state index in [2.05, 4.69) is 22.5 Å². The minimum absolute atomic E-state index is 0.0479. The smallest absolute Gasteiger partial charge is 0.224 e. The average molecular weight is 366 g/mol. The molecule has 1 aliphatic rings. The first kappa shape index (κ1) is 16.9. The molecule has 26 heavy (non-hydrogen) atoms. The van der Waals surface area contributed by atoms with Crippen LogP contribution in [0.2, 0.25) is 5.02 Å². The Labute approximate surface area is 157 Å². The van der Waals surface area contributed by atoms with Crippen molar-refractivity contribution in [1.82, 2.24) is 15.1 Å². The Balaban J connectivity index is 1.37. The minimum Gasteiger partial charge on any atom is -0.352 e. The van der Waals surface area contributed by atoms with Gasteiger partial charge < -0.3 is 5.32 Å². The van der Waals surface area contributed by atoms with Crippen LogP contribution in [0.3, 0.4) is 0 Å². The predicted molar refractivity (Wildman–Crippen MR) is 102 cm³/mol. The van der Waals surface area contributed by atoms with E-state index in [0.29, 0.717) is 13.1 Å². The molecule has 1 amide bonds. The number of halogens is 1. The lowest BCUT2D eigenvalue weighted by Crippen LogP contribution is -2.25. The fourth-order valence-electron chi connectivity index (χ4n) is 3.36. The summed E-state index contributed by atoms with van der Waals surface area (Å²) in [6.07, 6.45) is 4.60. The van der Waals surface area contributed by atoms with Gasteiger partial charge in [0.25, 0.3) is 0 Å². The summed E-state index contributed by atoms with van der Waals surface area (Å²) in [4.78, 5) is 12.5. The Morgan fingerprint density at radius 2 is 2.00 bits per heavy atom. The number of carbonyl (C=O) groups excluding carboxylic acids is 1. The summed E-state index contributed by atoms with van der Waals surface area (Å²) in [5, 5.41) is 8.07. The van der Waals surface area contributed by atoms with Crippen molar-refractivity contribution < 1.29 is 4.79 Å². The van der Waals surface area contributed by atoms with Gasteiger partial charge in [0.1, 0.15) is 0 Å². The molecule has 5 heteroatoms. The molecule has 1 saturated carbocycles. The Morgan fingerprint density at radius 3 is 2.77 bits per heavy atom. The quantitative estimate of drug-likeness (QED) is 0.717. The normalized spacial score (nSPS) is 18.5. The lowest BCUT2D eigenvalue weighted by atomic mass is 10.1. The van der Waals surface area contributed by atoms with Crippen LogP contribution in [0.15, 0.2) is 67.0 Å².